The molecule has 3 aromatic rings. The fraction of sp³-hybridized carbons (Fsp3) is 0.0625. The lowest BCUT2D eigenvalue weighted by Gasteiger charge is -2.09. The van der Waals surface area contributed by atoms with Gasteiger partial charge in [-0.05, 0) is 37.3 Å². The smallest absolute Gasteiger partial charge is 0.266 e. The second kappa shape index (κ2) is 7.46. The quantitative estimate of drug-likeness (QED) is 0.663. The molecule has 0 unspecified atom stereocenters. The molecule has 0 aliphatic heterocycles. The highest BCUT2D eigenvalue weighted by molar-refractivity contribution is 7.90. The van der Waals surface area contributed by atoms with Crippen LogP contribution in [0.15, 0.2) is 41.3 Å². The minimum Gasteiger partial charge on any atom is -0.266 e. The topological polar surface area (TPSA) is 93.9 Å². The first-order valence-corrected chi connectivity index (χ1v) is 9.74. The van der Waals surface area contributed by atoms with Crippen LogP contribution >= 0.6 is 23.2 Å². The van der Waals surface area contributed by atoms with E-state index in [0.717, 1.165) is 28.9 Å². The summed E-state index contributed by atoms with van der Waals surface area (Å²) in [4.78, 5) is 12.0. The molecule has 146 valence electrons. The zero-order valence-corrected chi connectivity index (χ0v) is 16.3. The Labute approximate surface area is 167 Å². The van der Waals surface area contributed by atoms with Crippen LogP contribution in [-0.4, -0.2) is 29.3 Å². The lowest BCUT2D eigenvalue weighted by Crippen LogP contribution is -2.31. The Morgan fingerprint density at radius 3 is 2.43 bits per heavy atom. The summed E-state index contributed by atoms with van der Waals surface area (Å²) in [6, 6.07) is 6.87. The molecule has 7 nitrogen and oxygen atoms in total. The van der Waals surface area contributed by atoms with Crippen molar-refractivity contribution in [3.63, 3.8) is 0 Å². The number of hydrogen-bond acceptors (Lipinski definition) is 5. The number of benzene rings is 2. The monoisotopic (exact) mass is 446 g/mol. The summed E-state index contributed by atoms with van der Waals surface area (Å²) < 4.78 is 55.3. The second-order valence-electron chi connectivity index (χ2n) is 5.51. The van der Waals surface area contributed by atoms with E-state index in [2.05, 4.69) is 10.3 Å². The third-order valence-corrected chi connectivity index (χ3v) is 5.72. The highest BCUT2D eigenvalue weighted by atomic mass is 35.5. The first kappa shape index (κ1) is 20.2. The van der Waals surface area contributed by atoms with E-state index in [4.69, 9.17) is 23.2 Å². The van der Waals surface area contributed by atoms with Gasteiger partial charge >= 0.3 is 0 Å². The molecule has 0 spiro atoms. The van der Waals surface area contributed by atoms with Crippen LogP contribution in [0.3, 0.4) is 0 Å². The fourth-order valence-corrected chi connectivity index (χ4v) is 4.07. The number of carbonyl (C=O) groups is 1. The molecule has 3 rings (SSSR count). The van der Waals surface area contributed by atoms with Crippen molar-refractivity contribution in [2.75, 3.05) is 0 Å². The summed E-state index contributed by atoms with van der Waals surface area (Å²) in [5.74, 6) is -3.02. The molecule has 0 aliphatic rings. The largest absolute Gasteiger partial charge is 0.287 e. The normalized spacial score (nSPS) is 11.5. The van der Waals surface area contributed by atoms with E-state index in [9.17, 15) is 22.0 Å². The van der Waals surface area contributed by atoms with E-state index in [1.165, 1.54) is 19.1 Å². The Morgan fingerprint density at radius 1 is 1.14 bits per heavy atom. The van der Waals surface area contributed by atoms with Crippen molar-refractivity contribution in [3.8, 4) is 5.69 Å². The average molecular weight is 447 g/mol. The highest BCUT2D eigenvalue weighted by Gasteiger charge is 2.26. The van der Waals surface area contributed by atoms with Gasteiger partial charge in [-0.1, -0.05) is 34.5 Å². The Balaban J connectivity index is 1.97. The number of nitrogens with zero attached hydrogens (tertiary/aromatic N) is 3. The van der Waals surface area contributed by atoms with Crippen molar-refractivity contribution in [2.45, 2.75) is 11.8 Å². The molecule has 0 radical (unpaired) electrons. The summed E-state index contributed by atoms with van der Waals surface area (Å²) >= 11 is 11.6. The third-order valence-electron chi connectivity index (χ3n) is 3.67. The number of carbonyl (C=O) groups excluding carboxylic acids is 1. The molecule has 0 saturated carbocycles. The fourth-order valence-electron chi connectivity index (χ4n) is 2.35. The molecule has 2 aromatic carbocycles. The van der Waals surface area contributed by atoms with Gasteiger partial charge in [-0.15, -0.1) is 5.10 Å². The zero-order valence-electron chi connectivity index (χ0n) is 14.0. The molecule has 12 heteroatoms. The van der Waals surface area contributed by atoms with Crippen LogP contribution in [-0.2, 0) is 10.0 Å². The first-order chi connectivity index (χ1) is 13.1. The van der Waals surface area contributed by atoms with Crippen molar-refractivity contribution in [2.24, 2.45) is 0 Å². The van der Waals surface area contributed by atoms with Gasteiger partial charge in [0.2, 0.25) is 0 Å². The van der Waals surface area contributed by atoms with Gasteiger partial charge in [0.1, 0.15) is 10.6 Å². The lowest BCUT2D eigenvalue weighted by atomic mass is 10.2. The van der Waals surface area contributed by atoms with Crippen LogP contribution in [0.25, 0.3) is 5.69 Å². The third kappa shape index (κ3) is 3.71. The second-order valence-corrected chi connectivity index (χ2v) is 8.01. The van der Waals surface area contributed by atoms with Gasteiger partial charge in [-0.3, -0.25) is 4.79 Å². The Kier molecular flexibility index (Phi) is 5.37. The number of sulfonamides is 1. The molecule has 0 atom stereocenters. The summed E-state index contributed by atoms with van der Waals surface area (Å²) in [7, 11) is -4.39. The van der Waals surface area contributed by atoms with E-state index in [0.29, 0.717) is 0 Å². The number of halogens is 4. The first-order valence-electron chi connectivity index (χ1n) is 7.50. The molecule has 0 bridgehead atoms. The molecule has 1 N–H and O–H groups in total. The molecular weight excluding hydrogens is 437 g/mol. The summed E-state index contributed by atoms with van der Waals surface area (Å²) in [6.07, 6.45) is 0. The number of para-hydroxylation sites is 1. The van der Waals surface area contributed by atoms with Gasteiger partial charge in [-0.2, -0.15) is 0 Å². The number of hydrogen-bond donors (Lipinski definition) is 1. The van der Waals surface area contributed by atoms with Crippen LogP contribution in [0.2, 0.25) is 10.0 Å². The van der Waals surface area contributed by atoms with Crippen molar-refractivity contribution < 1.29 is 22.0 Å². The maximum atomic E-state index is 13.9. The number of aromatic nitrogens is 3. The number of nitrogens with one attached hydrogen (secondary N) is 1. The molecule has 28 heavy (non-hydrogen) atoms. The minimum absolute atomic E-state index is 0.0751. The van der Waals surface area contributed by atoms with E-state index in [1.54, 1.807) is 4.72 Å². The van der Waals surface area contributed by atoms with Crippen molar-refractivity contribution in [3.05, 3.63) is 69.5 Å². The standard InChI is InChI=1S/C16H10Cl2F2N4O3S/c1-8-14(21-23-24(8)15-11(19)3-2-4-12(15)20)16(25)22-28(26,27)13-7-9(17)5-6-10(13)18/h2-7H,1H3,(H,22,25). The lowest BCUT2D eigenvalue weighted by molar-refractivity contribution is 0.0976. The van der Waals surface area contributed by atoms with Crippen molar-refractivity contribution in [1.29, 1.82) is 0 Å². The van der Waals surface area contributed by atoms with Gasteiger partial charge in [0.15, 0.2) is 17.3 Å². The molecule has 1 amide bonds. The van der Waals surface area contributed by atoms with E-state index >= 15 is 0 Å². The highest BCUT2D eigenvalue weighted by Crippen LogP contribution is 2.25. The van der Waals surface area contributed by atoms with Crippen LogP contribution in [0.5, 0.6) is 0 Å². The molecule has 0 aliphatic carbocycles. The predicted octanol–water partition coefficient (Wildman–Crippen LogP) is 3.28. The summed E-state index contributed by atoms with van der Waals surface area (Å²) in [5.41, 5.74) is -1.06. The SMILES string of the molecule is Cc1c(C(=O)NS(=O)(=O)c2cc(Cl)ccc2Cl)nnn1-c1c(F)cccc1F. The summed E-state index contributed by atoms with van der Waals surface area (Å²) in [6.45, 7) is 1.31. The van der Waals surface area contributed by atoms with Crippen LogP contribution < -0.4 is 4.72 Å². The molecule has 0 fully saturated rings. The predicted molar refractivity (Wildman–Crippen MR) is 97.1 cm³/mol. The molecular formula is C16H10Cl2F2N4O3S. The summed E-state index contributed by atoms with van der Waals surface area (Å²) in [5, 5.41) is 7.02. The van der Waals surface area contributed by atoms with E-state index in [1.807, 2.05) is 0 Å². The van der Waals surface area contributed by atoms with E-state index in [-0.39, 0.29) is 15.7 Å². The number of amides is 1. The Bertz CT molecular complexity index is 1180. The zero-order chi connectivity index (χ0) is 20.6. The Hall–Kier alpha value is -2.56. The average Bonchev–Trinajstić information content (AvgIpc) is 2.98. The van der Waals surface area contributed by atoms with Gasteiger partial charge in [0.25, 0.3) is 15.9 Å². The Morgan fingerprint density at radius 2 is 1.79 bits per heavy atom. The number of rotatable bonds is 4. The maximum Gasteiger partial charge on any atom is 0.287 e. The van der Waals surface area contributed by atoms with Gasteiger partial charge < -0.3 is 0 Å². The van der Waals surface area contributed by atoms with Crippen LogP contribution in [0.1, 0.15) is 16.2 Å². The van der Waals surface area contributed by atoms with E-state index < -0.39 is 43.8 Å². The van der Waals surface area contributed by atoms with Crippen LogP contribution in [0.4, 0.5) is 8.78 Å². The van der Waals surface area contributed by atoms with Gasteiger partial charge in [0.05, 0.1) is 10.7 Å². The minimum atomic E-state index is -4.39. The van der Waals surface area contributed by atoms with Crippen LogP contribution in [0, 0.1) is 18.6 Å². The van der Waals surface area contributed by atoms with Crippen molar-refractivity contribution >= 4 is 39.1 Å². The van der Waals surface area contributed by atoms with Gasteiger partial charge in [-0.25, -0.2) is 26.6 Å². The molecule has 1 heterocycles. The van der Waals surface area contributed by atoms with Crippen molar-refractivity contribution in [1.82, 2.24) is 19.7 Å². The maximum absolute atomic E-state index is 13.9. The molecule has 0 saturated heterocycles. The molecule has 1 aromatic heterocycles. The van der Waals surface area contributed by atoms with Gasteiger partial charge in [0, 0.05) is 5.02 Å².